The number of hydrogen-bond acceptors (Lipinski definition) is 3. The Hall–Kier alpha value is -0.870. The number of hydrogen-bond donors (Lipinski definition) is 1. The van der Waals surface area contributed by atoms with Gasteiger partial charge < -0.3 is 5.32 Å². The predicted octanol–water partition coefficient (Wildman–Crippen LogP) is 3.15. The van der Waals surface area contributed by atoms with Crippen molar-refractivity contribution in [2.45, 2.75) is 51.4 Å². The molecular weight excluding hydrogens is 282 g/mol. The minimum atomic E-state index is -2.95. The molecule has 118 valence electrons. The maximum absolute atomic E-state index is 11.3. The first-order chi connectivity index (χ1) is 9.85. The predicted molar refractivity (Wildman–Crippen MR) is 87.8 cm³/mol. The van der Waals surface area contributed by atoms with Crippen LogP contribution in [0, 0.1) is 11.8 Å². The van der Waals surface area contributed by atoms with E-state index in [1.165, 1.54) is 31.1 Å². The number of rotatable bonds is 5. The Bertz CT molecular complexity index is 551. The summed E-state index contributed by atoms with van der Waals surface area (Å²) in [5, 5.41) is 3.67. The van der Waals surface area contributed by atoms with Gasteiger partial charge in [-0.05, 0) is 29.4 Å². The first-order valence-electron chi connectivity index (χ1n) is 7.84. The van der Waals surface area contributed by atoms with Crippen molar-refractivity contribution in [3.8, 4) is 0 Å². The Morgan fingerprint density at radius 3 is 2.33 bits per heavy atom. The average molecular weight is 309 g/mol. The molecule has 3 atom stereocenters. The SMILES string of the molecule is C[C@@H]1[C@H](C)CCC[C@H]1NCc1ccc(CS(C)(=O)=O)cc1. The molecule has 0 aliphatic heterocycles. The first-order valence-corrected chi connectivity index (χ1v) is 9.90. The summed E-state index contributed by atoms with van der Waals surface area (Å²) in [7, 11) is -2.95. The molecular formula is C17H27NO2S. The summed E-state index contributed by atoms with van der Waals surface area (Å²) in [4.78, 5) is 0. The Morgan fingerprint density at radius 1 is 1.10 bits per heavy atom. The molecule has 0 radical (unpaired) electrons. The maximum Gasteiger partial charge on any atom is 0.151 e. The molecule has 1 aromatic carbocycles. The van der Waals surface area contributed by atoms with Gasteiger partial charge in [-0.15, -0.1) is 0 Å². The molecule has 0 spiro atoms. The maximum atomic E-state index is 11.3. The van der Waals surface area contributed by atoms with Crippen LogP contribution in [0.5, 0.6) is 0 Å². The van der Waals surface area contributed by atoms with E-state index in [1.807, 2.05) is 24.3 Å². The third kappa shape index (κ3) is 5.11. The van der Waals surface area contributed by atoms with Crippen molar-refractivity contribution < 1.29 is 8.42 Å². The highest BCUT2D eigenvalue weighted by molar-refractivity contribution is 7.89. The lowest BCUT2D eigenvalue weighted by molar-refractivity contribution is 0.206. The zero-order chi connectivity index (χ0) is 15.5. The minimum absolute atomic E-state index is 0.123. The molecule has 1 saturated carbocycles. The summed E-state index contributed by atoms with van der Waals surface area (Å²) in [6.07, 6.45) is 5.20. The summed E-state index contributed by atoms with van der Waals surface area (Å²) in [6.45, 7) is 5.55. The van der Waals surface area contributed by atoms with Gasteiger partial charge in [-0.25, -0.2) is 8.42 Å². The fraction of sp³-hybridized carbons (Fsp3) is 0.647. The monoisotopic (exact) mass is 309 g/mol. The van der Waals surface area contributed by atoms with E-state index in [0.717, 1.165) is 23.9 Å². The van der Waals surface area contributed by atoms with E-state index < -0.39 is 9.84 Å². The Morgan fingerprint density at radius 2 is 1.71 bits per heavy atom. The molecule has 3 nitrogen and oxygen atoms in total. The van der Waals surface area contributed by atoms with E-state index in [9.17, 15) is 8.42 Å². The van der Waals surface area contributed by atoms with Gasteiger partial charge >= 0.3 is 0 Å². The van der Waals surface area contributed by atoms with Crippen LogP contribution < -0.4 is 5.32 Å². The lowest BCUT2D eigenvalue weighted by Gasteiger charge is -2.34. The summed E-state index contributed by atoms with van der Waals surface area (Å²) >= 11 is 0. The van der Waals surface area contributed by atoms with Gasteiger partial charge in [0.05, 0.1) is 5.75 Å². The molecule has 1 aliphatic carbocycles. The van der Waals surface area contributed by atoms with Gasteiger partial charge in [-0.3, -0.25) is 0 Å². The highest BCUT2D eigenvalue weighted by Crippen LogP contribution is 2.29. The van der Waals surface area contributed by atoms with E-state index in [4.69, 9.17) is 0 Å². The smallest absolute Gasteiger partial charge is 0.151 e. The highest BCUT2D eigenvalue weighted by Gasteiger charge is 2.26. The average Bonchev–Trinajstić information content (AvgIpc) is 2.40. The van der Waals surface area contributed by atoms with Gasteiger partial charge in [-0.2, -0.15) is 0 Å². The molecule has 0 unspecified atom stereocenters. The fourth-order valence-corrected chi connectivity index (χ4v) is 3.97. The summed E-state index contributed by atoms with van der Waals surface area (Å²) in [6, 6.07) is 8.51. The van der Waals surface area contributed by atoms with Crippen molar-refractivity contribution in [3.63, 3.8) is 0 Å². The molecule has 1 aliphatic rings. The van der Waals surface area contributed by atoms with Gasteiger partial charge in [0.1, 0.15) is 0 Å². The number of nitrogens with one attached hydrogen (secondary N) is 1. The second-order valence-corrected chi connectivity index (χ2v) is 8.78. The third-order valence-corrected chi connectivity index (χ3v) is 5.58. The molecule has 0 heterocycles. The summed E-state index contributed by atoms with van der Waals surface area (Å²) in [5.41, 5.74) is 2.08. The van der Waals surface area contributed by atoms with E-state index in [1.54, 1.807) is 0 Å². The first kappa shape index (κ1) is 16.5. The lowest BCUT2D eigenvalue weighted by Crippen LogP contribution is -2.40. The minimum Gasteiger partial charge on any atom is -0.310 e. The van der Waals surface area contributed by atoms with E-state index in [-0.39, 0.29) is 5.75 Å². The van der Waals surface area contributed by atoms with Crippen LogP contribution in [0.1, 0.15) is 44.2 Å². The van der Waals surface area contributed by atoms with Crippen LogP contribution >= 0.6 is 0 Å². The van der Waals surface area contributed by atoms with Crippen molar-refractivity contribution >= 4 is 9.84 Å². The number of benzene rings is 1. The van der Waals surface area contributed by atoms with Crippen LogP contribution in [0.2, 0.25) is 0 Å². The van der Waals surface area contributed by atoms with Crippen molar-refractivity contribution in [2.24, 2.45) is 11.8 Å². The second-order valence-electron chi connectivity index (χ2n) is 6.64. The third-order valence-electron chi connectivity index (χ3n) is 4.73. The standard InChI is InChI=1S/C17H27NO2S/c1-13-5-4-6-17(14(13)2)18-11-15-7-9-16(10-8-15)12-21(3,19)20/h7-10,13-14,17-18H,4-6,11-12H2,1-3H3/t13-,14-,17-/m1/s1. The Balaban J connectivity index is 1.89. The van der Waals surface area contributed by atoms with Crippen molar-refractivity contribution in [1.29, 1.82) is 0 Å². The van der Waals surface area contributed by atoms with Crippen molar-refractivity contribution in [3.05, 3.63) is 35.4 Å². The van der Waals surface area contributed by atoms with Crippen LogP contribution in [0.25, 0.3) is 0 Å². The molecule has 4 heteroatoms. The normalized spacial score (nSPS) is 26.7. The van der Waals surface area contributed by atoms with Gasteiger partial charge in [0, 0.05) is 18.8 Å². The zero-order valence-corrected chi connectivity index (χ0v) is 14.1. The fourth-order valence-electron chi connectivity index (χ4n) is 3.18. The van der Waals surface area contributed by atoms with Crippen LogP contribution in [-0.4, -0.2) is 20.7 Å². The largest absolute Gasteiger partial charge is 0.310 e. The van der Waals surface area contributed by atoms with Crippen LogP contribution in [0.4, 0.5) is 0 Å². The van der Waals surface area contributed by atoms with Gasteiger partial charge in [0.15, 0.2) is 9.84 Å². The Kier molecular flexibility index (Phi) is 5.44. The summed E-state index contributed by atoms with van der Waals surface area (Å²) in [5.74, 6) is 1.65. The van der Waals surface area contributed by atoms with Gasteiger partial charge in [0.2, 0.25) is 0 Å². The second kappa shape index (κ2) is 6.93. The quantitative estimate of drug-likeness (QED) is 0.909. The molecule has 0 saturated heterocycles. The molecule has 0 aromatic heterocycles. The molecule has 21 heavy (non-hydrogen) atoms. The van der Waals surface area contributed by atoms with Crippen LogP contribution in [0.15, 0.2) is 24.3 Å². The lowest BCUT2D eigenvalue weighted by atomic mass is 9.78. The van der Waals surface area contributed by atoms with E-state index in [0.29, 0.717) is 6.04 Å². The van der Waals surface area contributed by atoms with Crippen molar-refractivity contribution in [1.82, 2.24) is 5.32 Å². The van der Waals surface area contributed by atoms with Gasteiger partial charge in [-0.1, -0.05) is 51.0 Å². The molecule has 1 fully saturated rings. The van der Waals surface area contributed by atoms with E-state index >= 15 is 0 Å². The number of sulfone groups is 1. The molecule has 0 bridgehead atoms. The van der Waals surface area contributed by atoms with Gasteiger partial charge in [0.25, 0.3) is 0 Å². The highest BCUT2D eigenvalue weighted by atomic mass is 32.2. The Labute approximate surface area is 129 Å². The zero-order valence-electron chi connectivity index (χ0n) is 13.3. The van der Waals surface area contributed by atoms with Crippen LogP contribution in [0.3, 0.4) is 0 Å². The molecule has 2 rings (SSSR count). The molecule has 1 aromatic rings. The van der Waals surface area contributed by atoms with Crippen LogP contribution in [-0.2, 0) is 22.1 Å². The topological polar surface area (TPSA) is 46.2 Å². The summed E-state index contributed by atoms with van der Waals surface area (Å²) < 4.78 is 22.5. The van der Waals surface area contributed by atoms with Crippen molar-refractivity contribution in [2.75, 3.05) is 6.26 Å². The molecule has 0 amide bonds. The van der Waals surface area contributed by atoms with E-state index in [2.05, 4.69) is 19.2 Å². The molecule has 1 N–H and O–H groups in total.